The smallest absolute Gasteiger partial charge is 0.320 e. The number of fused-ring (bicyclic) bond motifs is 1. The standard InChI is InChI=1S/C18H14BrF3N2O2/c1-10(25)24-7-6-12-8-14(19)9-15(16(12)24)23-17(26)11-2-4-13(5-3-11)18(20,21)22/h2-5,8-9H,6-7H2,1H3,(H,23,26). The van der Waals surface area contributed by atoms with Crippen molar-refractivity contribution in [2.24, 2.45) is 0 Å². The van der Waals surface area contributed by atoms with E-state index >= 15 is 0 Å². The molecule has 4 nitrogen and oxygen atoms in total. The Morgan fingerprint density at radius 2 is 1.81 bits per heavy atom. The summed E-state index contributed by atoms with van der Waals surface area (Å²) in [7, 11) is 0. The summed E-state index contributed by atoms with van der Waals surface area (Å²) < 4.78 is 38.7. The number of carbonyl (C=O) groups is 2. The third-order valence-corrected chi connectivity index (χ3v) is 4.59. The van der Waals surface area contributed by atoms with Gasteiger partial charge in [-0.1, -0.05) is 15.9 Å². The van der Waals surface area contributed by atoms with Crippen LogP contribution in [0.2, 0.25) is 0 Å². The van der Waals surface area contributed by atoms with Crippen molar-refractivity contribution in [3.63, 3.8) is 0 Å². The van der Waals surface area contributed by atoms with Gasteiger partial charge in [0.1, 0.15) is 0 Å². The van der Waals surface area contributed by atoms with Gasteiger partial charge in [0.25, 0.3) is 5.91 Å². The molecule has 136 valence electrons. The second-order valence-corrected chi connectivity index (χ2v) is 6.83. The molecule has 3 rings (SSSR count). The molecule has 1 aliphatic heterocycles. The van der Waals surface area contributed by atoms with E-state index in [-0.39, 0.29) is 11.5 Å². The summed E-state index contributed by atoms with van der Waals surface area (Å²) in [5.41, 5.74) is 1.25. The zero-order chi connectivity index (χ0) is 19.1. The number of carbonyl (C=O) groups excluding carboxylic acids is 2. The van der Waals surface area contributed by atoms with Crippen LogP contribution in [0.25, 0.3) is 0 Å². The van der Waals surface area contributed by atoms with Gasteiger partial charge >= 0.3 is 6.18 Å². The molecular weight excluding hydrogens is 413 g/mol. The lowest BCUT2D eigenvalue weighted by Crippen LogP contribution is -2.27. The van der Waals surface area contributed by atoms with Gasteiger partial charge in [-0.2, -0.15) is 13.2 Å². The molecule has 26 heavy (non-hydrogen) atoms. The SMILES string of the molecule is CC(=O)N1CCc2cc(Br)cc(NC(=O)c3ccc(C(F)(F)F)cc3)c21. The van der Waals surface area contributed by atoms with Gasteiger partial charge in [-0.05, 0) is 48.4 Å². The molecule has 0 radical (unpaired) electrons. The Morgan fingerprint density at radius 1 is 1.15 bits per heavy atom. The van der Waals surface area contributed by atoms with Gasteiger partial charge < -0.3 is 10.2 Å². The predicted octanol–water partition coefficient (Wildman–Crippen LogP) is 4.63. The highest BCUT2D eigenvalue weighted by Crippen LogP contribution is 2.38. The Balaban J connectivity index is 1.90. The van der Waals surface area contributed by atoms with Crippen LogP contribution >= 0.6 is 15.9 Å². The normalized spacial score (nSPS) is 13.5. The van der Waals surface area contributed by atoms with E-state index in [0.29, 0.717) is 24.3 Å². The number of halogens is 4. The van der Waals surface area contributed by atoms with Gasteiger partial charge in [0.2, 0.25) is 5.91 Å². The maximum Gasteiger partial charge on any atom is 0.416 e. The van der Waals surface area contributed by atoms with E-state index < -0.39 is 17.6 Å². The van der Waals surface area contributed by atoms with E-state index in [1.54, 1.807) is 11.0 Å². The molecule has 0 aromatic heterocycles. The van der Waals surface area contributed by atoms with Crippen LogP contribution in [0.3, 0.4) is 0 Å². The summed E-state index contributed by atoms with van der Waals surface area (Å²) in [6.45, 7) is 1.96. The summed E-state index contributed by atoms with van der Waals surface area (Å²) in [4.78, 5) is 25.9. The first-order chi connectivity index (χ1) is 12.2. The van der Waals surface area contributed by atoms with Gasteiger partial charge in [0, 0.05) is 23.5 Å². The van der Waals surface area contributed by atoms with Crippen molar-refractivity contribution in [1.29, 1.82) is 0 Å². The van der Waals surface area contributed by atoms with Crippen molar-refractivity contribution in [3.05, 3.63) is 57.6 Å². The van der Waals surface area contributed by atoms with E-state index in [4.69, 9.17) is 0 Å². The first-order valence-corrected chi connectivity index (χ1v) is 8.55. The Bertz CT molecular complexity index is 879. The van der Waals surface area contributed by atoms with Crippen LogP contribution in [-0.2, 0) is 17.4 Å². The lowest BCUT2D eigenvalue weighted by Gasteiger charge is -2.19. The number of alkyl halides is 3. The van der Waals surface area contributed by atoms with Crippen molar-refractivity contribution in [1.82, 2.24) is 0 Å². The summed E-state index contributed by atoms with van der Waals surface area (Å²) in [5, 5.41) is 2.70. The fourth-order valence-corrected chi connectivity index (χ4v) is 3.43. The molecule has 0 unspecified atom stereocenters. The van der Waals surface area contributed by atoms with E-state index in [0.717, 1.165) is 34.3 Å². The minimum Gasteiger partial charge on any atom is -0.320 e. The lowest BCUT2D eigenvalue weighted by atomic mass is 10.1. The Kier molecular flexibility index (Phi) is 4.79. The number of rotatable bonds is 2. The number of hydrogen-bond donors (Lipinski definition) is 1. The molecule has 1 aliphatic rings. The Labute approximate surface area is 156 Å². The monoisotopic (exact) mass is 426 g/mol. The molecule has 0 aliphatic carbocycles. The molecule has 1 N–H and O–H groups in total. The van der Waals surface area contributed by atoms with Crippen LogP contribution in [0.4, 0.5) is 24.5 Å². The maximum atomic E-state index is 12.6. The quantitative estimate of drug-likeness (QED) is 0.760. The van der Waals surface area contributed by atoms with Crippen LogP contribution in [0.1, 0.15) is 28.4 Å². The van der Waals surface area contributed by atoms with Crippen LogP contribution < -0.4 is 10.2 Å². The average molecular weight is 427 g/mol. The Morgan fingerprint density at radius 3 is 2.38 bits per heavy atom. The zero-order valence-electron chi connectivity index (χ0n) is 13.7. The second kappa shape index (κ2) is 6.75. The fraction of sp³-hybridized carbons (Fsp3) is 0.222. The Hall–Kier alpha value is -2.35. The van der Waals surface area contributed by atoms with E-state index in [9.17, 15) is 22.8 Å². The second-order valence-electron chi connectivity index (χ2n) is 5.91. The average Bonchev–Trinajstić information content (AvgIpc) is 2.98. The minimum absolute atomic E-state index is 0.0964. The molecule has 0 fully saturated rings. The number of anilines is 2. The molecule has 8 heteroatoms. The number of hydrogen-bond acceptors (Lipinski definition) is 2. The molecule has 0 spiro atoms. The van der Waals surface area contributed by atoms with Crippen LogP contribution in [0, 0.1) is 0 Å². The highest BCUT2D eigenvalue weighted by atomic mass is 79.9. The molecular formula is C18H14BrF3N2O2. The molecule has 2 amide bonds. The van der Waals surface area contributed by atoms with Gasteiger partial charge in [-0.3, -0.25) is 9.59 Å². The number of nitrogens with zero attached hydrogens (tertiary/aromatic N) is 1. The molecule has 0 saturated carbocycles. The topological polar surface area (TPSA) is 49.4 Å². The van der Waals surface area contributed by atoms with Gasteiger partial charge in [-0.25, -0.2) is 0 Å². The fourth-order valence-electron chi connectivity index (χ4n) is 2.92. The largest absolute Gasteiger partial charge is 0.416 e. The maximum absolute atomic E-state index is 12.6. The number of nitrogens with one attached hydrogen (secondary N) is 1. The summed E-state index contributed by atoms with van der Waals surface area (Å²) in [5.74, 6) is -0.689. The van der Waals surface area contributed by atoms with Crippen LogP contribution in [-0.4, -0.2) is 18.4 Å². The predicted molar refractivity (Wildman–Crippen MR) is 95.3 cm³/mol. The third kappa shape index (κ3) is 3.60. The molecule has 2 aromatic rings. The number of benzene rings is 2. The summed E-state index contributed by atoms with van der Waals surface area (Å²) in [6.07, 6.45) is -3.79. The van der Waals surface area contributed by atoms with Crippen molar-refractivity contribution in [2.45, 2.75) is 19.5 Å². The van der Waals surface area contributed by atoms with E-state index in [1.165, 1.54) is 6.92 Å². The third-order valence-electron chi connectivity index (χ3n) is 4.13. The molecule has 2 aromatic carbocycles. The first-order valence-electron chi connectivity index (χ1n) is 7.76. The first kappa shape index (κ1) is 18.4. The van der Waals surface area contributed by atoms with E-state index in [1.807, 2.05) is 6.07 Å². The van der Waals surface area contributed by atoms with Gasteiger partial charge in [0.05, 0.1) is 16.9 Å². The number of amides is 2. The van der Waals surface area contributed by atoms with Crippen molar-refractivity contribution in [2.75, 3.05) is 16.8 Å². The molecule has 0 atom stereocenters. The minimum atomic E-state index is -4.46. The molecule has 1 heterocycles. The van der Waals surface area contributed by atoms with Crippen LogP contribution in [0.5, 0.6) is 0 Å². The van der Waals surface area contributed by atoms with Gasteiger partial charge in [0.15, 0.2) is 0 Å². The molecule has 0 bridgehead atoms. The van der Waals surface area contributed by atoms with Crippen LogP contribution in [0.15, 0.2) is 40.9 Å². The van der Waals surface area contributed by atoms with Crippen molar-refractivity contribution >= 4 is 39.1 Å². The van der Waals surface area contributed by atoms with Crippen molar-refractivity contribution in [3.8, 4) is 0 Å². The summed E-state index contributed by atoms with van der Waals surface area (Å²) >= 11 is 3.37. The van der Waals surface area contributed by atoms with Crippen molar-refractivity contribution < 1.29 is 22.8 Å². The summed E-state index contributed by atoms with van der Waals surface area (Å²) in [6, 6.07) is 7.52. The zero-order valence-corrected chi connectivity index (χ0v) is 15.2. The van der Waals surface area contributed by atoms with Gasteiger partial charge in [-0.15, -0.1) is 0 Å². The molecule has 0 saturated heterocycles. The lowest BCUT2D eigenvalue weighted by molar-refractivity contribution is -0.137. The highest BCUT2D eigenvalue weighted by Gasteiger charge is 2.30. The highest BCUT2D eigenvalue weighted by molar-refractivity contribution is 9.10. The van der Waals surface area contributed by atoms with E-state index in [2.05, 4.69) is 21.2 Å².